The first-order valence-electron chi connectivity index (χ1n) is 5.49. The molecule has 0 atom stereocenters. The highest BCUT2D eigenvalue weighted by atomic mass is 32.2. The van der Waals surface area contributed by atoms with E-state index in [2.05, 4.69) is 4.90 Å². The van der Waals surface area contributed by atoms with Crippen molar-refractivity contribution in [3.63, 3.8) is 0 Å². The van der Waals surface area contributed by atoms with Gasteiger partial charge in [-0.2, -0.15) is 0 Å². The molecule has 1 heterocycles. The van der Waals surface area contributed by atoms with E-state index in [1.807, 2.05) is 18.2 Å². The van der Waals surface area contributed by atoms with Crippen molar-refractivity contribution in [2.45, 2.75) is 17.7 Å². The molecule has 82 valence electrons. The molecule has 0 amide bonds. The molecule has 0 aromatic heterocycles. The standard InChI is InChI=1S/C12H17NOS/c14-11-5-1-2-6-12(11)15-10-9-13-7-3-4-8-13/h1-2,5-6,14H,3-4,7-10H2. The summed E-state index contributed by atoms with van der Waals surface area (Å²) in [5, 5.41) is 9.57. The van der Waals surface area contributed by atoms with Crippen LogP contribution in [0.5, 0.6) is 5.75 Å². The summed E-state index contributed by atoms with van der Waals surface area (Å²) in [4.78, 5) is 3.49. The monoisotopic (exact) mass is 223 g/mol. The van der Waals surface area contributed by atoms with Gasteiger partial charge >= 0.3 is 0 Å². The number of benzene rings is 1. The van der Waals surface area contributed by atoms with E-state index in [-0.39, 0.29) is 0 Å². The molecule has 1 N–H and O–H groups in total. The molecular weight excluding hydrogens is 206 g/mol. The average molecular weight is 223 g/mol. The second-order valence-electron chi connectivity index (χ2n) is 3.86. The minimum absolute atomic E-state index is 0.406. The van der Waals surface area contributed by atoms with Gasteiger partial charge in [-0.05, 0) is 38.1 Å². The predicted octanol–water partition coefficient (Wildman–Crippen LogP) is 2.58. The number of para-hydroxylation sites is 1. The summed E-state index contributed by atoms with van der Waals surface area (Å²) in [7, 11) is 0. The highest BCUT2D eigenvalue weighted by Gasteiger charge is 2.10. The second-order valence-corrected chi connectivity index (χ2v) is 5.00. The van der Waals surface area contributed by atoms with Crippen molar-refractivity contribution in [2.75, 3.05) is 25.4 Å². The molecule has 2 rings (SSSR count). The number of phenols is 1. The molecule has 2 nitrogen and oxygen atoms in total. The van der Waals surface area contributed by atoms with Crippen molar-refractivity contribution in [1.82, 2.24) is 4.90 Å². The summed E-state index contributed by atoms with van der Waals surface area (Å²) in [6.07, 6.45) is 2.70. The molecule has 1 aromatic carbocycles. The smallest absolute Gasteiger partial charge is 0.129 e. The lowest BCUT2D eigenvalue weighted by Gasteiger charge is -2.13. The highest BCUT2D eigenvalue weighted by molar-refractivity contribution is 7.99. The average Bonchev–Trinajstić information content (AvgIpc) is 2.74. The minimum atomic E-state index is 0.406. The first-order valence-corrected chi connectivity index (χ1v) is 6.48. The lowest BCUT2D eigenvalue weighted by atomic mass is 10.3. The Morgan fingerprint density at radius 2 is 1.93 bits per heavy atom. The van der Waals surface area contributed by atoms with Crippen LogP contribution in [0.2, 0.25) is 0 Å². The molecular formula is C12H17NOS. The minimum Gasteiger partial charge on any atom is -0.507 e. The van der Waals surface area contributed by atoms with E-state index in [9.17, 15) is 5.11 Å². The van der Waals surface area contributed by atoms with Gasteiger partial charge in [0.1, 0.15) is 5.75 Å². The third-order valence-corrected chi connectivity index (χ3v) is 3.77. The molecule has 1 aromatic rings. The Hall–Kier alpha value is -0.670. The number of hydrogen-bond donors (Lipinski definition) is 1. The molecule has 0 unspecified atom stereocenters. The van der Waals surface area contributed by atoms with Crippen LogP contribution in [-0.2, 0) is 0 Å². The number of hydrogen-bond acceptors (Lipinski definition) is 3. The quantitative estimate of drug-likeness (QED) is 0.794. The van der Waals surface area contributed by atoms with Crippen LogP contribution >= 0.6 is 11.8 Å². The summed E-state index contributed by atoms with van der Waals surface area (Å²) in [5.41, 5.74) is 0. The number of thioether (sulfide) groups is 1. The fourth-order valence-corrected chi connectivity index (χ4v) is 2.83. The van der Waals surface area contributed by atoms with Gasteiger partial charge in [0.2, 0.25) is 0 Å². The SMILES string of the molecule is Oc1ccccc1SCCN1CCCC1. The summed E-state index contributed by atoms with van der Waals surface area (Å²) in [5.74, 6) is 1.47. The van der Waals surface area contributed by atoms with E-state index in [0.29, 0.717) is 5.75 Å². The zero-order chi connectivity index (χ0) is 10.5. The third kappa shape index (κ3) is 3.14. The fourth-order valence-electron chi connectivity index (χ4n) is 1.87. The van der Waals surface area contributed by atoms with E-state index >= 15 is 0 Å². The lowest BCUT2D eigenvalue weighted by Crippen LogP contribution is -2.21. The molecule has 1 aliphatic rings. The number of aromatic hydroxyl groups is 1. The molecule has 15 heavy (non-hydrogen) atoms. The van der Waals surface area contributed by atoms with Gasteiger partial charge in [0.15, 0.2) is 0 Å². The normalized spacial score (nSPS) is 17.1. The third-order valence-electron chi connectivity index (χ3n) is 2.73. The summed E-state index contributed by atoms with van der Waals surface area (Å²) in [6, 6.07) is 7.56. The summed E-state index contributed by atoms with van der Waals surface area (Å²) >= 11 is 1.74. The Labute approximate surface area is 95.3 Å². The van der Waals surface area contributed by atoms with Crippen molar-refractivity contribution in [3.8, 4) is 5.75 Å². The van der Waals surface area contributed by atoms with Crippen molar-refractivity contribution >= 4 is 11.8 Å². The van der Waals surface area contributed by atoms with Gasteiger partial charge < -0.3 is 10.0 Å². The molecule has 0 radical (unpaired) electrons. The highest BCUT2D eigenvalue weighted by Crippen LogP contribution is 2.27. The number of nitrogens with zero attached hydrogens (tertiary/aromatic N) is 1. The molecule has 3 heteroatoms. The second kappa shape index (κ2) is 5.42. The fraction of sp³-hybridized carbons (Fsp3) is 0.500. The van der Waals surface area contributed by atoms with Crippen LogP contribution in [0.1, 0.15) is 12.8 Å². The first kappa shape index (κ1) is 10.8. The Morgan fingerprint density at radius 3 is 2.67 bits per heavy atom. The molecule has 0 spiro atoms. The van der Waals surface area contributed by atoms with Crippen LogP contribution in [0, 0.1) is 0 Å². The zero-order valence-electron chi connectivity index (χ0n) is 8.85. The molecule has 0 aliphatic carbocycles. The van der Waals surface area contributed by atoms with Crippen LogP contribution in [0.25, 0.3) is 0 Å². The van der Waals surface area contributed by atoms with Crippen molar-refractivity contribution in [1.29, 1.82) is 0 Å². The van der Waals surface area contributed by atoms with Gasteiger partial charge in [-0.1, -0.05) is 12.1 Å². The Morgan fingerprint density at radius 1 is 1.20 bits per heavy atom. The number of phenolic OH excluding ortho intramolecular Hbond substituents is 1. The molecule has 1 aliphatic heterocycles. The van der Waals surface area contributed by atoms with Gasteiger partial charge in [0.05, 0.1) is 0 Å². The van der Waals surface area contributed by atoms with E-state index in [0.717, 1.165) is 17.2 Å². The van der Waals surface area contributed by atoms with E-state index in [1.54, 1.807) is 17.8 Å². The Bertz CT molecular complexity index is 310. The summed E-state index contributed by atoms with van der Waals surface area (Å²) < 4.78 is 0. The molecule has 0 saturated carbocycles. The molecule has 1 fully saturated rings. The maximum absolute atomic E-state index is 9.57. The maximum Gasteiger partial charge on any atom is 0.129 e. The van der Waals surface area contributed by atoms with Crippen LogP contribution in [0.15, 0.2) is 29.2 Å². The molecule has 1 saturated heterocycles. The van der Waals surface area contributed by atoms with E-state index in [1.165, 1.54) is 25.9 Å². The number of likely N-dealkylation sites (tertiary alicyclic amines) is 1. The Balaban J connectivity index is 1.75. The number of rotatable bonds is 4. The zero-order valence-corrected chi connectivity index (χ0v) is 9.67. The van der Waals surface area contributed by atoms with Crippen LogP contribution in [-0.4, -0.2) is 35.4 Å². The maximum atomic E-state index is 9.57. The lowest BCUT2D eigenvalue weighted by molar-refractivity contribution is 0.362. The van der Waals surface area contributed by atoms with Gasteiger partial charge in [0.25, 0.3) is 0 Å². The predicted molar refractivity (Wildman–Crippen MR) is 64.5 cm³/mol. The van der Waals surface area contributed by atoms with Gasteiger partial charge in [0, 0.05) is 17.2 Å². The van der Waals surface area contributed by atoms with Crippen molar-refractivity contribution in [2.24, 2.45) is 0 Å². The van der Waals surface area contributed by atoms with Crippen molar-refractivity contribution < 1.29 is 5.11 Å². The van der Waals surface area contributed by atoms with Crippen LogP contribution < -0.4 is 0 Å². The largest absolute Gasteiger partial charge is 0.507 e. The van der Waals surface area contributed by atoms with Crippen LogP contribution in [0.4, 0.5) is 0 Å². The van der Waals surface area contributed by atoms with Gasteiger partial charge in [-0.25, -0.2) is 0 Å². The van der Waals surface area contributed by atoms with Gasteiger partial charge in [-0.3, -0.25) is 0 Å². The van der Waals surface area contributed by atoms with E-state index in [4.69, 9.17) is 0 Å². The summed E-state index contributed by atoms with van der Waals surface area (Å²) in [6.45, 7) is 3.64. The Kier molecular flexibility index (Phi) is 3.92. The van der Waals surface area contributed by atoms with Crippen LogP contribution in [0.3, 0.4) is 0 Å². The van der Waals surface area contributed by atoms with Crippen molar-refractivity contribution in [3.05, 3.63) is 24.3 Å². The van der Waals surface area contributed by atoms with Gasteiger partial charge in [-0.15, -0.1) is 11.8 Å². The topological polar surface area (TPSA) is 23.5 Å². The van der Waals surface area contributed by atoms with E-state index < -0.39 is 0 Å². The first-order chi connectivity index (χ1) is 7.36. The molecule has 0 bridgehead atoms.